The Balaban J connectivity index is 2.17. The minimum Gasteiger partial charge on any atom is -0.337 e. The lowest BCUT2D eigenvalue weighted by Gasteiger charge is -2.11. The molecular formula is C9H16N4O. The van der Waals surface area contributed by atoms with E-state index >= 15 is 0 Å². The zero-order valence-corrected chi connectivity index (χ0v) is 8.58. The van der Waals surface area contributed by atoms with Gasteiger partial charge in [-0.2, -0.15) is 4.98 Å². The minimum atomic E-state index is -0.552. The topological polar surface area (TPSA) is 77.0 Å². The summed E-state index contributed by atoms with van der Waals surface area (Å²) in [5.74, 6) is 1.23. The molecular weight excluding hydrogens is 180 g/mol. The fourth-order valence-corrected chi connectivity index (χ4v) is 1.54. The van der Waals surface area contributed by atoms with Crippen molar-refractivity contribution in [3.05, 3.63) is 11.7 Å². The lowest BCUT2D eigenvalue weighted by atomic mass is 10.1. The van der Waals surface area contributed by atoms with Gasteiger partial charge in [0, 0.05) is 0 Å². The predicted molar refractivity (Wildman–Crippen MR) is 51.5 cm³/mol. The Hall–Kier alpha value is -0.940. The van der Waals surface area contributed by atoms with Crippen LogP contribution in [0, 0.1) is 0 Å². The third kappa shape index (κ3) is 1.78. The lowest BCUT2D eigenvalue weighted by molar-refractivity contribution is 0.308. The van der Waals surface area contributed by atoms with E-state index in [2.05, 4.69) is 15.5 Å². The van der Waals surface area contributed by atoms with Crippen LogP contribution in [0.1, 0.15) is 44.4 Å². The molecule has 1 saturated heterocycles. The fourth-order valence-electron chi connectivity index (χ4n) is 1.54. The van der Waals surface area contributed by atoms with Gasteiger partial charge in [0.25, 0.3) is 0 Å². The Kier molecular flexibility index (Phi) is 2.28. The summed E-state index contributed by atoms with van der Waals surface area (Å²) in [6.45, 7) is 4.74. The highest BCUT2D eigenvalue weighted by atomic mass is 16.5. The molecule has 0 radical (unpaired) electrons. The molecule has 14 heavy (non-hydrogen) atoms. The first-order chi connectivity index (χ1) is 6.57. The van der Waals surface area contributed by atoms with Gasteiger partial charge in [-0.25, -0.2) is 0 Å². The van der Waals surface area contributed by atoms with Crippen molar-refractivity contribution >= 4 is 0 Å². The first-order valence-corrected chi connectivity index (χ1v) is 4.94. The largest absolute Gasteiger partial charge is 0.337 e. The standard InChI is InChI=1S/C9H16N4O/c1-9(2,10)8-12-7(13-14-8)6-4-3-5-11-6/h6,11H,3-5,10H2,1-2H3. The molecule has 1 atom stereocenters. The maximum atomic E-state index is 5.85. The van der Waals surface area contributed by atoms with Crippen LogP contribution in [-0.2, 0) is 5.54 Å². The van der Waals surface area contributed by atoms with E-state index in [1.807, 2.05) is 13.8 Å². The molecule has 0 saturated carbocycles. The highest BCUT2D eigenvalue weighted by Gasteiger charge is 2.26. The Morgan fingerprint density at radius 1 is 1.57 bits per heavy atom. The summed E-state index contributed by atoms with van der Waals surface area (Å²) in [6, 6.07) is 0.245. The molecule has 1 aliphatic rings. The Morgan fingerprint density at radius 3 is 2.86 bits per heavy atom. The molecule has 3 N–H and O–H groups in total. The monoisotopic (exact) mass is 196 g/mol. The van der Waals surface area contributed by atoms with Gasteiger partial charge in [-0.3, -0.25) is 0 Å². The van der Waals surface area contributed by atoms with Crippen LogP contribution in [0.5, 0.6) is 0 Å². The second kappa shape index (κ2) is 3.33. The molecule has 1 aliphatic heterocycles. The quantitative estimate of drug-likeness (QED) is 0.727. The SMILES string of the molecule is CC(C)(N)c1nc(C2CCCN2)no1. The fraction of sp³-hybridized carbons (Fsp3) is 0.778. The lowest BCUT2D eigenvalue weighted by Crippen LogP contribution is -2.29. The number of hydrogen-bond donors (Lipinski definition) is 2. The Morgan fingerprint density at radius 2 is 2.36 bits per heavy atom. The van der Waals surface area contributed by atoms with E-state index < -0.39 is 5.54 Å². The van der Waals surface area contributed by atoms with Gasteiger partial charge in [0.05, 0.1) is 11.6 Å². The molecule has 1 unspecified atom stereocenters. The van der Waals surface area contributed by atoms with Gasteiger partial charge in [0.1, 0.15) is 0 Å². The zero-order chi connectivity index (χ0) is 10.2. The second-order valence-electron chi connectivity index (χ2n) is 4.33. The Bertz CT molecular complexity index is 309. The molecule has 2 heterocycles. The first kappa shape index (κ1) is 9.61. The van der Waals surface area contributed by atoms with Crippen LogP contribution in [0.3, 0.4) is 0 Å². The molecule has 0 aliphatic carbocycles. The van der Waals surface area contributed by atoms with E-state index in [-0.39, 0.29) is 6.04 Å². The molecule has 0 spiro atoms. The van der Waals surface area contributed by atoms with Crippen LogP contribution in [0.4, 0.5) is 0 Å². The summed E-state index contributed by atoms with van der Waals surface area (Å²) < 4.78 is 5.12. The molecule has 0 aromatic carbocycles. The number of nitrogens with one attached hydrogen (secondary N) is 1. The molecule has 78 valence electrons. The van der Waals surface area contributed by atoms with Crippen molar-refractivity contribution in [1.29, 1.82) is 0 Å². The first-order valence-electron chi connectivity index (χ1n) is 4.94. The van der Waals surface area contributed by atoms with Crippen LogP contribution in [0.25, 0.3) is 0 Å². The van der Waals surface area contributed by atoms with Crippen LogP contribution in [0.15, 0.2) is 4.52 Å². The second-order valence-corrected chi connectivity index (χ2v) is 4.33. The highest BCUT2D eigenvalue weighted by Crippen LogP contribution is 2.22. The van der Waals surface area contributed by atoms with Gasteiger partial charge < -0.3 is 15.6 Å². The van der Waals surface area contributed by atoms with Gasteiger partial charge in [0.2, 0.25) is 5.89 Å². The average molecular weight is 196 g/mol. The van der Waals surface area contributed by atoms with E-state index in [1.54, 1.807) is 0 Å². The minimum absolute atomic E-state index is 0.245. The smallest absolute Gasteiger partial charge is 0.246 e. The summed E-state index contributed by atoms with van der Waals surface area (Å²) in [6.07, 6.45) is 2.24. The number of nitrogens with zero attached hydrogens (tertiary/aromatic N) is 2. The molecule has 0 amide bonds. The normalized spacial score (nSPS) is 22.9. The van der Waals surface area contributed by atoms with Crippen molar-refractivity contribution in [2.24, 2.45) is 5.73 Å². The summed E-state index contributed by atoms with van der Waals surface area (Å²) in [7, 11) is 0. The number of nitrogens with two attached hydrogens (primary N) is 1. The van der Waals surface area contributed by atoms with Gasteiger partial charge in [0.15, 0.2) is 5.82 Å². The van der Waals surface area contributed by atoms with E-state index in [0.29, 0.717) is 5.89 Å². The van der Waals surface area contributed by atoms with Gasteiger partial charge in [-0.15, -0.1) is 0 Å². The summed E-state index contributed by atoms with van der Waals surface area (Å²) >= 11 is 0. The number of aromatic nitrogens is 2. The molecule has 1 fully saturated rings. The highest BCUT2D eigenvalue weighted by molar-refractivity contribution is 5.02. The van der Waals surface area contributed by atoms with Crippen molar-refractivity contribution in [2.45, 2.75) is 38.3 Å². The maximum Gasteiger partial charge on any atom is 0.246 e. The van der Waals surface area contributed by atoms with Crippen LogP contribution < -0.4 is 11.1 Å². The van der Waals surface area contributed by atoms with Crippen LogP contribution >= 0.6 is 0 Å². The van der Waals surface area contributed by atoms with Crippen LogP contribution in [0.2, 0.25) is 0 Å². The van der Waals surface area contributed by atoms with Crippen molar-refractivity contribution in [1.82, 2.24) is 15.5 Å². The zero-order valence-electron chi connectivity index (χ0n) is 8.58. The van der Waals surface area contributed by atoms with E-state index in [4.69, 9.17) is 10.3 Å². The van der Waals surface area contributed by atoms with E-state index in [1.165, 1.54) is 6.42 Å². The molecule has 0 bridgehead atoms. The summed E-state index contributed by atoms with van der Waals surface area (Å²) in [5, 5.41) is 7.25. The summed E-state index contributed by atoms with van der Waals surface area (Å²) in [4.78, 5) is 4.30. The maximum absolute atomic E-state index is 5.85. The van der Waals surface area contributed by atoms with Crippen LogP contribution in [-0.4, -0.2) is 16.7 Å². The predicted octanol–water partition coefficient (Wildman–Crippen LogP) is 0.688. The van der Waals surface area contributed by atoms with Crippen molar-refractivity contribution in [2.75, 3.05) is 6.54 Å². The molecule has 1 aromatic heterocycles. The third-order valence-corrected chi connectivity index (χ3v) is 2.36. The molecule has 5 nitrogen and oxygen atoms in total. The Labute approximate surface area is 83.1 Å². The van der Waals surface area contributed by atoms with Crippen molar-refractivity contribution in [3.63, 3.8) is 0 Å². The molecule has 2 rings (SSSR count). The van der Waals surface area contributed by atoms with Gasteiger partial charge >= 0.3 is 0 Å². The summed E-state index contributed by atoms with van der Waals surface area (Å²) in [5.41, 5.74) is 5.30. The third-order valence-electron chi connectivity index (χ3n) is 2.36. The molecule has 1 aromatic rings. The van der Waals surface area contributed by atoms with Crippen molar-refractivity contribution in [3.8, 4) is 0 Å². The van der Waals surface area contributed by atoms with E-state index in [0.717, 1.165) is 18.8 Å². The number of rotatable bonds is 2. The molecule has 5 heteroatoms. The van der Waals surface area contributed by atoms with E-state index in [9.17, 15) is 0 Å². The number of hydrogen-bond acceptors (Lipinski definition) is 5. The van der Waals surface area contributed by atoms with Gasteiger partial charge in [-0.1, -0.05) is 5.16 Å². The van der Waals surface area contributed by atoms with Gasteiger partial charge in [-0.05, 0) is 33.2 Å². The average Bonchev–Trinajstić information content (AvgIpc) is 2.73. The van der Waals surface area contributed by atoms with Crippen molar-refractivity contribution < 1.29 is 4.52 Å².